The number of non-ortho nitro benzene ring substituents is 1. The summed E-state index contributed by atoms with van der Waals surface area (Å²) in [5, 5.41) is 21.0. The molecule has 0 saturated carbocycles. The second kappa shape index (κ2) is 11.9. The van der Waals surface area contributed by atoms with Crippen LogP contribution in [0.2, 0.25) is 10.3 Å². The van der Waals surface area contributed by atoms with Crippen molar-refractivity contribution in [2.24, 2.45) is 0 Å². The Kier molecular flexibility index (Phi) is 8.86. The van der Waals surface area contributed by atoms with Gasteiger partial charge in [0.1, 0.15) is 10.3 Å². The predicted molar refractivity (Wildman–Crippen MR) is 163 cm³/mol. The molecule has 192 valence electrons. The zero-order chi connectivity index (χ0) is 27.6. The van der Waals surface area contributed by atoms with Gasteiger partial charge in [0.25, 0.3) is 5.69 Å². The van der Waals surface area contributed by atoms with Gasteiger partial charge in [-0.15, -0.1) is 0 Å². The molecule has 0 aliphatic heterocycles. The van der Waals surface area contributed by atoms with E-state index >= 15 is 0 Å². The monoisotopic (exact) mass is 793 g/mol. The molecule has 0 atom stereocenters. The van der Waals surface area contributed by atoms with Gasteiger partial charge in [0.05, 0.1) is 46.6 Å². The van der Waals surface area contributed by atoms with Gasteiger partial charge in [-0.2, -0.15) is 0 Å². The van der Waals surface area contributed by atoms with E-state index in [1.54, 1.807) is 4.90 Å². The molecule has 1 N–H and O–H groups in total. The second-order valence-electron chi connectivity index (χ2n) is 7.22. The molecule has 2 aromatic carbocycles. The van der Waals surface area contributed by atoms with E-state index in [2.05, 4.69) is 19.9 Å². The lowest BCUT2D eigenvalue weighted by atomic mass is 10.2. The summed E-state index contributed by atoms with van der Waals surface area (Å²) < 4.78 is 1.08. The number of carbonyl (C=O) groups is 1. The summed E-state index contributed by atoms with van der Waals surface area (Å²) in [6, 6.07) is 8.62. The van der Waals surface area contributed by atoms with E-state index in [1.165, 1.54) is 66.1 Å². The number of carboxylic acid groups (broad SMARTS) is 1. The Morgan fingerprint density at radius 1 is 0.921 bits per heavy atom. The lowest BCUT2D eigenvalue weighted by Crippen LogP contribution is -2.39. The first-order valence-electron chi connectivity index (χ1n) is 10.1. The van der Waals surface area contributed by atoms with Crippen LogP contribution in [0.5, 0.6) is 0 Å². The SMILES string of the molecule is O=C(O)c1cc(I)c(N(C(=S)N(c2ccc([N+](=O)[O-])cc2)c2cncc(Cl)n2)c2cncc(Cl)n2)c(I)c1. The summed E-state index contributed by atoms with van der Waals surface area (Å²) in [6.45, 7) is 0. The van der Waals surface area contributed by atoms with Gasteiger partial charge < -0.3 is 5.11 Å². The number of carboxylic acids is 1. The highest BCUT2D eigenvalue weighted by atomic mass is 127. The molecule has 0 aliphatic rings. The van der Waals surface area contributed by atoms with E-state index in [-0.39, 0.29) is 38.3 Å². The average molecular weight is 794 g/mol. The Bertz CT molecular complexity index is 1560. The molecule has 2 heterocycles. The molecule has 0 amide bonds. The minimum Gasteiger partial charge on any atom is -0.478 e. The molecule has 2 aromatic heterocycles. The summed E-state index contributed by atoms with van der Waals surface area (Å²) in [5.74, 6) is -0.655. The van der Waals surface area contributed by atoms with E-state index < -0.39 is 10.9 Å². The molecule has 0 saturated heterocycles. The predicted octanol–water partition coefficient (Wildman–Crippen LogP) is 6.65. The van der Waals surface area contributed by atoms with Crippen LogP contribution in [0.4, 0.5) is 28.7 Å². The summed E-state index contributed by atoms with van der Waals surface area (Å²) in [4.78, 5) is 42.4. The van der Waals surface area contributed by atoms with Gasteiger partial charge in [-0.05, 0) is 81.7 Å². The number of aromatic carboxylic acids is 1. The third-order valence-corrected chi connectivity index (χ3v) is 7.21. The molecule has 16 heteroatoms. The molecule has 0 spiro atoms. The molecule has 38 heavy (non-hydrogen) atoms. The summed E-state index contributed by atoms with van der Waals surface area (Å²) >= 11 is 22.3. The van der Waals surface area contributed by atoms with Crippen LogP contribution in [0.1, 0.15) is 10.4 Å². The van der Waals surface area contributed by atoms with Crippen molar-refractivity contribution in [3.8, 4) is 0 Å². The Morgan fingerprint density at radius 2 is 1.42 bits per heavy atom. The quantitative estimate of drug-likeness (QED) is 0.0972. The fraction of sp³-hybridized carbons (Fsp3) is 0. The van der Waals surface area contributed by atoms with Crippen LogP contribution >= 0.6 is 80.6 Å². The van der Waals surface area contributed by atoms with Crippen molar-refractivity contribution < 1.29 is 14.8 Å². The van der Waals surface area contributed by atoms with E-state index in [0.29, 0.717) is 18.5 Å². The molecule has 0 bridgehead atoms. The highest BCUT2D eigenvalue weighted by Crippen LogP contribution is 2.38. The van der Waals surface area contributed by atoms with Crippen molar-refractivity contribution in [2.45, 2.75) is 0 Å². The summed E-state index contributed by atoms with van der Waals surface area (Å²) in [7, 11) is 0. The van der Waals surface area contributed by atoms with Gasteiger partial charge in [0.15, 0.2) is 16.7 Å². The number of aromatic nitrogens is 4. The van der Waals surface area contributed by atoms with E-state index in [4.69, 9.17) is 35.4 Å². The average Bonchev–Trinajstić information content (AvgIpc) is 2.86. The van der Waals surface area contributed by atoms with E-state index in [0.717, 1.165) is 0 Å². The second-order valence-corrected chi connectivity index (χ2v) is 10.7. The van der Waals surface area contributed by atoms with Gasteiger partial charge in [0.2, 0.25) is 0 Å². The molecule has 11 nitrogen and oxygen atoms in total. The number of anilines is 4. The zero-order valence-electron chi connectivity index (χ0n) is 18.5. The molecular formula is C22H11Cl2I2N7O4S. The Labute approximate surface area is 257 Å². The Balaban J connectivity index is 1.97. The zero-order valence-corrected chi connectivity index (χ0v) is 25.1. The number of rotatable bonds is 6. The first-order valence-corrected chi connectivity index (χ1v) is 13.4. The van der Waals surface area contributed by atoms with E-state index in [9.17, 15) is 20.0 Å². The fourth-order valence-corrected chi connectivity index (χ4v) is 6.18. The van der Waals surface area contributed by atoms with Gasteiger partial charge in [-0.1, -0.05) is 23.2 Å². The maximum absolute atomic E-state index is 11.7. The van der Waals surface area contributed by atoms with Crippen LogP contribution in [0.25, 0.3) is 0 Å². The van der Waals surface area contributed by atoms with Crippen LogP contribution in [0, 0.1) is 17.3 Å². The lowest BCUT2D eigenvalue weighted by molar-refractivity contribution is -0.384. The van der Waals surface area contributed by atoms with Crippen molar-refractivity contribution in [1.82, 2.24) is 19.9 Å². The number of hydrogen-bond acceptors (Lipinski definition) is 8. The van der Waals surface area contributed by atoms with Crippen molar-refractivity contribution >= 4 is 120 Å². The topological polar surface area (TPSA) is 138 Å². The van der Waals surface area contributed by atoms with Gasteiger partial charge >= 0.3 is 5.97 Å². The van der Waals surface area contributed by atoms with E-state index in [1.807, 2.05) is 45.2 Å². The molecule has 0 fully saturated rings. The van der Waals surface area contributed by atoms with Crippen LogP contribution in [0.3, 0.4) is 0 Å². The van der Waals surface area contributed by atoms with Crippen molar-refractivity contribution in [2.75, 3.05) is 9.80 Å². The van der Waals surface area contributed by atoms with Crippen LogP contribution < -0.4 is 9.80 Å². The highest BCUT2D eigenvalue weighted by molar-refractivity contribution is 14.1. The third kappa shape index (κ3) is 6.09. The highest BCUT2D eigenvalue weighted by Gasteiger charge is 2.30. The Morgan fingerprint density at radius 3 is 1.87 bits per heavy atom. The standard InChI is InChI=1S/C22H11Cl2I2N7O4S/c23-16-7-27-9-18(29-16)31(12-1-3-13(4-2-12)33(36)37)22(38)32(19-10-28-8-17(24)30-19)20-14(25)5-11(21(34)35)6-15(20)26/h1-10H,(H,34,35). The lowest BCUT2D eigenvalue weighted by Gasteiger charge is -2.33. The van der Waals surface area contributed by atoms with Gasteiger partial charge in [-0.3, -0.25) is 29.9 Å². The molecule has 0 aliphatic carbocycles. The molecule has 4 rings (SSSR count). The minimum atomic E-state index is -1.09. The summed E-state index contributed by atoms with van der Waals surface area (Å²) in [6.07, 6.45) is 5.56. The van der Waals surface area contributed by atoms with Gasteiger partial charge in [0, 0.05) is 19.3 Å². The number of benzene rings is 2. The maximum Gasteiger partial charge on any atom is 0.335 e. The molecular weight excluding hydrogens is 783 g/mol. The van der Waals surface area contributed by atoms with Crippen LogP contribution in [0.15, 0.2) is 61.2 Å². The normalized spacial score (nSPS) is 10.6. The number of nitro groups is 1. The van der Waals surface area contributed by atoms with Gasteiger partial charge in [-0.25, -0.2) is 14.8 Å². The van der Waals surface area contributed by atoms with Crippen LogP contribution in [-0.2, 0) is 0 Å². The number of nitro benzene ring substituents is 1. The first kappa shape index (κ1) is 28.2. The number of thiocarbonyl (C=S) groups is 1. The number of nitrogens with zero attached hydrogens (tertiary/aromatic N) is 7. The smallest absolute Gasteiger partial charge is 0.335 e. The largest absolute Gasteiger partial charge is 0.478 e. The summed E-state index contributed by atoms with van der Waals surface area (Å²) in [5.41, 5.74) is 0.866. The first-order chi connectivity index (χ1) is 18.1. The van der Waals surface area contributed by atoms with Crippen molar-refractivity contribution in [3.63, 3.8) is 0 Å². The van der Waals surface area contributed by atoms with Crippen LogP contribution in [-0.4, -0.2) is 41.0 Å². The number of halogens is 4. The third-order valence-electron chi connectivity index (χ3n) is 4.83. The molecule has 0 radical (unpaired) electrons. The maximum atomic E-state index is 11.7. The molecule has 4 aromatic rings. The van der Waals surface area contributed by atoms with Crippen molar-refractivity contribution in [3.05, 3.63) is 94.3 Å². The van der Waals surface area contributed by atoms with Crippen molar-refractivity contribution in [1.29, 1.82) is 0 Å². The molecule has 0 unspecified atom stereocenters. The number of hydrogen-bond donors (Lipinski definition) is 1. The fourth-order valence-electron chi connectivity index (χ4n) is 3.26. The Hall–Kier alpha value is -2.80. The minimum absolute atomic E-state index is 0.0749.